The third kappa shape index (κ3) is 37.8. The summed E-state index contributed by atoms with van der Waals surface area (Å²) in [6, 6.07) is 0. The predicted octanol–water partition coefficient (Wildman–Crippen LogP) is -2.67. The summed E-state index contributed by atoms with van der Waals surface area (Å²) in [5, 5.41) is 0. The van der Waals surface area contributed by atoms with Crippen LogP contribution >= 0.6 is 0 Å². The van der Waals surface area contributed by atoms with Gasteiger partial charge >= 0.3 is 0 Å². The average molecular weight is 425 g/mol. The van der Waals surface area contributed by atoms with Gasteiger partial charge < -0.3 is 0 Å². The molecule has 0 aromatic heterocycles. The third-order valence-corrected chi connectivity index (χ3v) is 0. The van der Waals surface area contributed by atoms with E-state index in [0.717, 1.165) is 0 Å². The third-order valence-electron chi connectivity index (χ3n) is 0. The summed E-state index contributed by atoms with van der Waals surface area (Å²) >= 11 is 0. The van der Waals surface area contributed by atoms with Crippen molar-refractivity contribution in [3.8, 4) is 0 Å². The molecular formula is Ga6Li. The minimum absolute atomic E-state index is 0. The van der Waals surface area contributed by atoms with Gasteiger partial charge in [-0.25, -0.2) is 0 Å². The van der Waals surface area contributed by atoms with Crippen molar-refractivity contribution in [2.24, 2.45) is 0 Å². The van der Waals surface area contributed by atoms with Gasteiger partial charge in [-0.05, 0) is 0 Å². The van der Waals surface area contributed by atoms with Crippen LogP contribution in [-0.2, 0) is 0 Å². The molecule has 0 amide bonds. The van der Waals surface area contributed by atoms with E-state index in [4.69, 9.17) is 0 Å². The molecule has 19 radical (unpaired) electrons. The van der Waals surface area contributed by atoms with Gasteiger partial charge in [0.05, 0.1) is 0 Å². The van der Waals surface area contributed by atoms with E-state index in [-0.39, 0.29) is 138 Å². The van der Waals surface area contributed by atoms with Crippen LogP contribution in [0.15, 0.2) is 0 Å². The smallest absolute Gasteiger partial charge is 0 e. The zero-order valence-corrected chi connectivity index (χ0v) is 19.0. The first-order valence-corrected chi connectivity index (χ1v) is 0. The molecule has 0 heterocycles. The van der Waals surface area contributed by atoms with Crippen LogP contribution in [0.2, 0.25) is 0 Å². The van der Waals surface area contributed by atoms with Crippen molar-refractivity contribution in [3.63, 3.8) is 0 Å². The molecule has 0 bridgehead atoms. The molecule has 0 saturated carbocycles. The molecule has 0 atom stereocenters. The van der Waals surface area contributed by atoms with Gasteiger partial charge in [0.15, 0.2) is 0 Å². The van der Waals surface area contributed by atoms with E-state index in [1.165, 1.54) is 0 Å². The van der Waals surface area contributed by atoms with Crippen LogP contribution in [-0.4, -0.2) is 138 Å². The Labute approximate surface area is 135 Å². The number of rotatable bonds is 0. The molecular weight excluding hydrogens is 425 g/mol. The summed E-state index contributed by atoms with van der Waals surface area (Å²) in [7, 11) is 0. The zero-order valence-electron chi connectivity index (χ0n) is 4.46. The molecule has 0 fully saturated rings. The fourth-order valence-corrected chi connectivity index (χ4v) is 0. The van der Waals surface area contributed by atoms with E-state index in [0.29, 0.717) is 0 Å². The van der Waals surface area contributed by atoms with Crippen molar-refractivity contribution < 1.29 is 0 Å². The van der Waals surface area contributed by atoms with Gasteiger partial charge in [-0.2, -0.15) is 0 Å². The Kier molecular flexibility index (Phi) is 430. The van der Waals surface area contributed by atoms with Crippen LogP contribution in [0.1, 0.15) is 0 Å². The molecule has 0 aromatic rings. The van der Waals surface area contributed by atoms with Crippen molar-refractivity contribution in [2.75, 3.05) is 0 Å². The topological polar surface area (TPSA) is 0 Å². The van der Waals surface area contributed by atoms with Crippen LogP contribution in [0.5, 0.6) is 0 Å². The van der Waals surface area contributed by atoms with E-state index in [9.17, 15) is 0 Å². The molecule has 0 aliphatic carbocycles. The quantitative estimate of drug-likeness (QED) is 0.372. The summed E-state index contributed by atoms with van der Waals surface area (Å²) in [4.78, 5) is 0. The molecule has 0 aliphatic rings. The number of hydrogen-bond acceptors (Lipinski definition) is 0. The Morgan fingerprint density at radius 3 is 0.286 bits per heavy atom. The Morgan fingerprint density at radius 1 is 0.286 bits per heavy atom. The van der Waals surface area contributed by atoms with Gasteiger partial charge in [0.2, 0.25) is 0 Å². The Balaban J connectivity index is 0. The zero-order chi connectivity index (χ0) is 0. The normalized spacial score (nSPS) is 0. The Bertz CT molecular complexity index is 4.14. The molecule has 0 spiro atoms. The minimum atomic E-state index is 0. The molecule has 0 aromatic carbocycles. The van der Waals surface area contributed by atoms with E-state index in [2.05, 4.69) is 0 Å². The van der Waals surface area contributed by atoms with Crippen LogP contribution in [0.25, 0.3) is 0 Å². The summed E-state index contributed by atoms with van der Waals surface area (Å²) < 4.78 is 0. The monoisotopic (exact) mass is 421 g/mol. The van der Waals surface area contributed by atoms with E-state index in [1.54, 1.807) is 0 Å². The maximum absolute atomic E-state index is 0. The van der Waals surface area contributed by atoms with Gasteiger partial charge in [-0.3, -0.25) is 0 Å². The Morgan fingerprint density at radius 2 is 0.286 bits per heavy atom. The van der Waals surface area contributed by atoms with Crippen molar-refractivity contribution in [3.05, 3.63) is 0 Å². The maximum atomic E-state index is 0. The van der Waals surface area contributed by atoms with Crippen molar-refractivity contribution in [2.45, 2.75) is 0 Å². The van der Waals surface area contributed by atoms with Crippen LogP contribution < -0.4 is 0 Å². The van der Waals surface area contributed by atoms with Gasteiger partial charge in [0.25, 0.3) is 0 Å². The van der Waals surface area contributed by atoms with Crippen molar-refractivity contribution in [1.29, 1.82) is 0 Å². The second-order valence-corrected chi connectivity index (χ2v) is 0. The molecule has 19 valence electrons. The van der Waals surface area contributed by atoms with Gasteiger partial charge in [0, 0.05) is 138 Å². The molecule has 7 heteroatoms. The fraction of sp³-hybridized carbons (Fsp3) is 0. The maximum Gasteiger partial charge on any atom is 0 e. The standard InChI is InChI=1S/6Ga.Li. The van der Waals surface area contributed by atoms with Crippen LogP contribution in [0, 0.1) is 0 Å². The van der Waals surface area contributed by atoms with Gasteiger partial charge in [0.1, 0.15) is 0 Å². The molecule has 0 saturated heterocycles. The first-order chi connectivity index (χ1) is 0. The second-order valence-electron chi connectivity index (χ2n) is 0. The predicted molar refractivity (Wildman–Crippen MR) is 40.3 cm³/mol. The van der Waals surface area contributed by atoms with E-state index in [1.807, 2.05) is 0 Å². The van der Waals surface area contributed by atoms with Crippen molar-refractivity contribution in [1.82, 2.24) is 0 Å². The largest absolute Gasteiger partial charge is 0 e. The van der Waals surface area contributed by atoms with Crippen molar-refractivity contribution >= 4 is 138 Å². The van der Waals surface area contributed by atoms with E-state index >= 15 is 0 Å². The summed E-state index contributed by atoms with van der Waals surface area (Å²) in [5.41, 5.74) is 0. The molecule has 0 N–H and O–H groups in total. The van der Waals surface area contributed by atoms with Crippen LogP contribution in [0.4, 0.5) is 0 Å². The van der Waals surface area contributed by atoms with Crippen LogP contribution in [0.3, 0.4) is 0 Å². The SMILES string of the molecule is [Ga].[Ga].[Ga].[Ga].[Ga].[Ga].[Li]. The van der Waals surface area contributed by atoms with E-state index < -0.39 is 0 Å². The summed E-state index contributed by atoms with van der Waals surface area (Å²) in [6.45, 7) is 0. The summed E-state index contributed by atoms with van der Waals surface area (Å²) in [6.07, 6.45) is 0. The first kappa shape index (κ1) is 63.5. The Hall–Kier alpha value is 4.42. The number of hydrogen-bond donors (Lipinski definition) is 0. The molecule has 0 rings (SSSR count). The summed E-state index contributed by atoms with van der Waals surface area (Å²) in [5.74, 6) is 0. The average Bonchev–Trinajstić information content (AvgIpc) is 0. The second kappa shape index (κ2) is 47.4. The van der Waals surface area contributed by atoms with Gasteiger partial charge in [-0.15, -0.1) is 0 Å². The first-order valence-electron chi connectivity index (χ1n) is 0. The molecule has 0 nitrogen and oxygen atoms in total. The molecule has 7 heavy (non-hydrogen) atoms. The molecule has 0 unspecified atom stereocenters. The molecule has 0 aliphatic heterocycles. The van der Waals surface area contributed by atoms with Gasteiger partial charge in [-0.1, -0.05) is 0 Å². The minimum Gasteiger partial charge on any atom is 0 e. The fourth-order valence-electron chi connectivity index (χ4n) is 0.